The van der Waals surface area contributed by atoms with Crippen LogP contribution in [0, 0.1) is 11.7 Å². The topological polar surface area (TPSA) is 118 Å². The molecule has 0 radical (unpaired) electrons. The standard InChI is InChI=1S/C33H39FN4O4/c1-32(41)19-33(35,20-32)23-12-10-22(11-13-23)27-18-36-29(17-26(27)25-6-4-5-7-28(25)34)37-30(39)16-21-8-14-24(15-9-21)38(2)31(40)42-3/h4-7,10-13,17-18,21,24,41H,8-9,14-16,19-20,35H2,1-3H3,(H,36,37,39). The second kappa shape index (κ2) is 11.8. The molecule has 2 aliphatic rings. The Morgan fingerprint density at radius 2 is 1.74 bits per heavy atom. The minimum atomic E-state index is -0.754. The first-order chi connectivity index (χ1) is 20.0. The van der Waals surface area contributed by atoms with Crippen LogP contribution in [0.2, 0.25) is 0 Å². The van der Waals surface area contributed by atoms with Crippen molar-refractivity contribution in [2.24, 2.45) is 11.7 Å². The van der Waals surface area contributed by atoms with E-state index in [4.69, 9.17) is 10.5 Å². The molecule has 2 aromatic carbocycles. The fourth-order valence-electron chi connectivity index (χ4n) is 6.63. The number of anilines is 1. The Morgan fingerprint density at radius 3 is 2.36 bits per heavy atom. The molecule has 3 aromatic rings. The minimum absolute atomic E-state index is 0.113. The van der Waals surface area contributed by atoms with Gasteiger partial charge in [0, 0.05) is 42.4 Å². The van der Waals surface area contributed by atoms with Gasteiger partial charge in [0.05, 0.1) is 12.7 Å². The molecule has 0 aliphatic heterocycles. The van der Waals surface area contributed by atoms with Gasteiger partial charge < -0.3 is 25.8 Å². The largest absolute Gasteiger partial charge is 0.453 e. The summed E-state index contributed by atoms with van der Waals surface area (Å²) < 4.78 is 19.8. The molecule has 0 unspecified atom stereocenters. The number of nitrogens with zero attached hydrogens (tertiary/aromatic N) is 2. The van der Waals surface area contributed by atoms with E-state index in [0.29, 0.717) is 36.2 Å². The zero-order valence-electron chi connectivity index (χ0n) is 24.4. The highest BCUT2D eigenvalue weighted by atomic mass is 19.1. The molecule has 42 heavy (non-hydrogen) atoms. The van der Waals surface area contributed by atoms with E-state index in [9.17, 15) is 14.7 Å². The molecule has 222 valence electrons. The summed E-state index contributed by atoms with van der Waals surface area (Å²) >= 11 is 0. The number of benzene rings is 2. The third kappa shape index (κ3) is 6.32. The monoisotopic (exact) mass is 574 g/mol. The van der Waals surface area contributed by atoms with Crippen LogP contribution in [0.3, 0.4) is 0 Å². The highest BCUT2D eigenvalue weighted by molar-refractivity contribution is 5.92. The Balaban J connectivity index is 1.31. The number of ether oxygens (including phenoxy) is 1. The lowest BCUT2D eigenvalue weighted by Crippen LogP contribution is -2.58. The summed E-state index contributed by atoms with van der Waals surface area (Å²) in [6, 6.07) is 16.1. The van der Waals surface area contributed by atoms with Crippen LogP contribution in [-0.4, -0.2) is 52.8 Å². The predicted molar refractivity (Wildman–Crippen MR) is 160 cm³/mol. The number of methoxy groups -OCH3 is 1. The predicted octanol–water partition coefficient (Wildman–Crippen LogP) is 5.84. The average molecular weight is 575 g/mol. The number of pyridine rings is 1. The van der Waals surface area contributed by atoms with Gasteiger partial charge in [0.2, 0.25) is 5.91 Å². The molecule has 8 nitrogen and oxygen atoms in total. The van der Waals surface area contributed by atoms with Crippen LogP contribution in [0.15, 0.2) is 60.8 Å². The molecular weight excluding hydrogens is 535 g/mol. The Kier molecular flexibility index (Phi) is 8.35. The molecule has 0 saturated heterocycles. The van der Waals surface area contributed by atoms with Crippen molar-refractivity contribution in [3.05, 3.63) is 72.2 Å². The Morgan fingerprint density at radius 1 is 1.07 bits per heavy atom. The number of carbonyl (C=O) groups excluding carboxylic acids is 2. The zero-order valence-corrected chi connectivity index (χ0v) is 24.4. The summed E-state index contributed by atoms with van der Waals surface area (Å²) in [5.74, 6) is 0.0512. The van der Waals surface area contributed by atoms with Crippen LogP contribution in [0.25, 0.3) is 22.3 Å². The lowest BCUT2D eigenvalue weighted by atomic mass is 9.63. The number of rotatable bonds is 7. The van der Waals surface area contributed by atoms with Crippen LogP contribution < -0.4 is 11.1 Å². The van der Waals surface area contributed by atoms with Crippen LogP contribution in [0.4, 0.5) is 15.0 Å². The molecule has 4 N–H and O–H groups in total. The van der Waals surface area contributed by atoms with E-state index in [1.165, 1.54) is 13.2 Å². The van der Waals surface area contributed by atoms with Crippen LogP contribution in [0.1, 0.15) is 57.4 Å². The highest BCUT2D eigenvalue weighted by Gasteiger charge is 2.49. The number of nitrogens with one attached hydrogen (secondary N) is 1. The van der Waals surface area contributed by atoms with Gasteiger partial charge in [0.15, 0.2) is 0 Å². The molecule has 0 atom stereocenters. The summed E-state index contributed by atoms with van der Waals surface area (Å²) in [5.41, 5.74) is 8.72. The quantitative estimate of drug-likeness (QED) is 0.326. The number of hydrogen-bond donors (Lipinski definition) is 3. The van der Waals surface area contributed by atoms with Crippen molar-refractivity contribution in [2.45, 2.75) is 69.1 Å². The van der Waals surface area contributed by atoms with Crippen LogP contribution in [0.5, 0.6) is 0 Å². The van der Waals surface area contributed by atoms with Gasteiger partial charge in [-0.1, -0.05) is 42.5 Å². The number of aromatic nitrogens is 1. The maximum atomic E-state index is 15.0. The number of amides is 2. The Hall–Kier alpha value is -3.82. The maximum absolute atomic E-state index is 15.0. The smallest absolute Gasteiger partial charge is 0.409 e. The molecule has 0 bridgehead atoms. The molecule has 9 heteroatoms. The maximum Gasteiger partial charge on any atom is 0.409 e. The van der Waals surface area contributed by atoms with Crippen molar-refractivity contribution in [1.29, 1.82) is 0 Å². The second-order valence-corrected chi connectivity index (χ2v) is 12.2. The summed E-state index contributed by atoms with van der Waals surface area (Å²) in [4.78, 5) is 31.0. The van der Waals surface area contributed by atoms with Crippen LogP contribution >= 0.6 is 0 Å². The van der Waals surface area contributed by atoms with Gasteiger partial charge >= 0.3 is 6.09 Å². The van der Waals surface area contributed by atoms with Gasteiger partial charge in [0.25, 0.3) is 0 Å². The van der Waals surface area contributed by atoms with Crippen molar-refractivity contribution in [1.82, 2.24) is 9.88 Å². The van der Waals surface area contributed by atoms with Gasteiger partial charge in [-0.15, -0.1) is 0 Å². The van der Waals surface area contributed by atoms with Gasteiger partial charge in [-0.25, -0.2) is 14.2 Å². The molecule has 1 heterocycles. The van der Waals surface area contributed by atoms with E-state index in [1.54, 1.807) is 49.3 Å². The minimum Gasteiger partial charge on any atom is -0.453 e. The molecule has 0 spiro atoms. The third-order valence-electron chi connectivity index (χ3n) is 8.80. The average Bonchev–Trinajstić information content (AvgIpc) is 2.96. The first-order valence-corrected chi connectivity index (χ1v) is 14.5. The summed E-state index contributed by atoms with van der Waals surface area (Å²) in [5, 5.41) is 13.1. The fourth-order valence-corrected chi connectivity index (χ4v) is 6.63. The van der Waals surface area contributed by atoms with Crippen LogP contribution in [-0.2, 0) is 15.1 Å². The molecule has 2 aliphatic carbocycles. The normalized spacial score (nSPS) is 25.3. The Bertz CT molecular complexity index is 1440. The van der Waals surface area contributed by atoms with E-state index in [-0.39, 0.29) is 29.8 Å². The molecule has 2 saturated carbocycles. The van der Waals surface area contributed by atoms with E-state index < -0.39 is 11.1 Å². The summed E-state index contributed by atoms with van der Waals surface area (Å²) in [6.07, 6.45) is 5.95. The first-order valence-electron chi connectivity index (χ1n) is 14.5. The highest BCUT2D eigenvalue weighted by Crippen LogP contribution is 2.46. The lowest BCUT2D eigenvalue weighted by molar-refractivity contribution is -0.117. The molecule has 2 fully saturated rings. The van der Waals surface area contributed by atoms with Gasteiger partial charge in [0.1, 0.15) is 11.6 Å². The van der Waals surface area contributed by atoms with Gasteiger partial charge in [-0.2, -0.15) is 0 Å². The van der Waals surface area contributed by atoms with Gasteiger partial charge in [-0.3, -0.25) is 4.79 Å². The number of carbonyl (C=O) groups is 2. The molecule has 2 amide bonds. The van der Waals surface area contributed by atoms with Crippen molar-refractivity contribution in [3.63, 3.8) is 0 Å². The number of nitrogens with two attached hydrogens (primary N) is 1. The summed E-state index contributed by atoms with van der Waals surface area (Å²) in [6.45, 7) is 1.79. The van der Waals surface area contributed by atoms with Crippen molar-refractivity contribution >= 4 is 17.8 Å². The summed E-state index contributed by atoms with van der Waals surface area (Å²) in [7, 11) is 3.12. The molecule has 1 aromatic heterocycles. The third-order valence-corrected chi connectivity index (χ3v) is 8.80. The molecular formula is C33H39FN4O4. The Labute approximate surface area is 246 Å². The first kappa shape index (κ1) is 29.7. The van der Waals surface area contributed by atoms with E-state index in [2.05, 4.69) is 10.3 Å². The number of halogens is 1. The van der Waals surface area contributed by atoms with Gasteiger partial charge in [-0.05, 0) is 80.2 Å². The van der Waals surface area contributed by atoms with Crippen molar-refractivity contribution in [3.8, 4) is 22.3 Å². The van der Waals surface area contributed by atoms with E-state index in [0.717, 1.165) is 42.4 Å². The SMILES string of the molecule is COC(=O)N(C)C1CCC(CC(=O)Nc2cc(-c3ccccc3F)c(-c3ccc(C4(N)CC(C)(O)C4)cc3)cn2)CC1. The number of hydrogen-bond acceptors (Lipinski definition) is 6. The zero-order chi connectivity index (χ0) is 30.1. The number of aliphatic hydroxyl groups is 1. The van der Waals surface area contributed by atoms with E-state index >= 15 is 4.39 Å². The second-order valence-electron chi connectivity index (χ2n) is 12.2. The van der Waals surface area contributed by atoms with Crippen molar-refractivity contribution < 1.29 is 23.8 Å². The fraction of sp³-hybridized carbons (Fsp3) is 0.424. The molecule has 5 rings (SSSR count). The van der Waals surface area contributed by atoms with E-state index in [1.807, 2.05) is 24.3 Å². The lowest BCUT2D eigenvalue weighted by Gasteiger charge is -2.49. The van der Waals surface area contributed by atoms with Crippen molar-refractivity contribution in [2.75, 3.05) is 19.5 Å².